The maximum atomic E-state index is 10.1. The predicted octanol–water partition coefficient (Wildman–Crippen LogP) is 7.59. The minimum Gasteiger partial charge on any atom is -0.855 e. The average Bonchev–Trinajstić information content (AvgIpc) is 3.29. The summed E-state index contributed by atoms with van der Waals surface area (Å²) < 4.78 is 35.4. The minimum absolute atomic E-state index is 0. The zero-order chi connectivity index (χ0) is 26.5. The van der Waals surface area contributed by atoms with Crippen molar-refractivity contribution in [2.24, 2.45) is 0 Å². The van der Waals surface area contributed by atoms with E-state index in [1.54, 1.807) is 42.8 Å². The number of para-hydroxylation sites is 1. The van der Waals surface area contributed by atoms with Crippen LogP contribution in [0.5, 0.6) is 0 Å². The number of hydrogen-bond acceptors (Lipinski definition) is 2. The van der Waals surface area contributed by atoms with E-state index in [4.69, 9.17) is 9.90 Å². The standard InChI is InChI=1S/C17H11NO.C6H7N.C6H7.Ir/c1-2-3-7-15(18)12-9-10-14-13-6-4-5-8-16(13)19-17(14)11-12;1-6-2-4-7-5-3-6;1-3-5-6-4-2;/h2-10H,1H2;2-5H,1H3;3-5H,1-2H2;/q-2;;-1;+3/b7-3-;;;/i1D,2D,3D,7D;;;/b2-1?,7-3-;;;. The Balaban J connectivity index is 0.000000403. The van der Waals surface area contributed by atoms with Crippen molar-refractivity contribution >= 4 is 27.7 Å². The number of furan rings is 1. The van der Waals surface area contributed by atoms with Crippen molar-refractivity contribution in [3.8, 4) is 0 Å². The SMILES string of the molecule is C=C[C-]=CC=C.Cc1ccncc1.[2H]C=C([2H])/C([2H])=C(/[2H])C(=[N-])c1[c-]c2oc3ccccc3c2cc1.[Ir+3]. The van der Waals surface area contributed by atoms with Gasteiger partial charge >= 0.3 is 20.1 Å². The molecule has 0 aliphatic carbocycles. The van der Waals surface area contributed by atoms with Gasteiger partial charge in [-0.15, -0.1) is 18.2 Å². The Morgan fingerprint density at radius 3 is 2.52 bits per heavy atom. The quantitative estimate of drug-likeness (QED) is 0.132. The zero-order valence-electron chi connectivity index (χ0n) is 22.1. The third-order valence-electron chi connectivity index (χ3n) is 3.99. The van der Waals surface area contributed by atoms with Crippen LogP contribution in [0.4, 0.5) is 0 Å². The van der Waals surface area contributed by atoms with Crippen molar-refractivity contribution in [3.05, 3.63) is 146 Å². The smallest absolute Gasteiger partial charge is 0.855 e. The second-order valence-electron chi connectivity index (χ2n) is 6.25. The Labute approximate surface area is 215 Å². The zero-order valence-corrected chi connectivity index (χ0v) is 20.5. The fraction of sp³-hybridized carbons (Fsp3) is 0.0345. The molecule has 4 rings (SSSR count). The van der Waals surface area contributed by atoms with Gasteiger partial charge in [-0.05, 0) is 36.1 Å². The summed E-state index contributed by atoms with van der Waals surface area (Å²) in [6, 6.07) is 16.1. The summed E-state index contributed by atoms with van der Waals surface area (Å²) in [7, 11) is 0. The van der Waals surface area contributed by atoms with Gasteiger partial charge in [-0.2, -0.15) is 43.0 Å². The second kappa shape index (κ2) is 15.3. The Morgan fingerprint density at radius 1 is 1.15 bits per heavy atom. The monoisotopic (exact) mass is 614 g/mol. The van der Waals surface area contributed by atoms with Crippen LogP contribution >= 0.6 is 0 Å². The van der Waals surface area contributed by atoms with Crippen molar-refractivity contribution in [1.29, 1.82) is 0 Å². The van der Waals surface area contributed by atoms with Crippen molar-refractivity contribution in [2.75, 3.05) is 0 Å². The van der Waals surface area contributed by atoms with Gasteiger partial charge in [0.15, 0.2) is 0 Å². The van der Waals surface area contributed by atoms with Crippen LogP contribution in [0.15, 0.2) is 121 Å². The first-order valence-corrected chi connectivity index (χ1v) is 9.65. The van der Waals surface area contributed by atoms with Gasteiger partial charge in [0.1, 0.15) is 5.58 Å². The molecule has 166 valence electrons. The number of benzene rings is 2. The van der Waals surface area contributed by atoms with Crippen LogP contribution in [0.25, 0.3) is 27.3 Å². The molecule has 3 nitrogen and oxygen atoms in total. The van der Waals surface area contributed by atoms with Crippen molar-refractivity contribution in [3.63, 3.8) is 0 Å². The van der Waals surface area contributed by atoms with E-state index >= 15 is 0 Å². The van der Waals surface area contributed by atoms with E-state index in [2.05, 4.69) is 30.3 Å². The van der Waals surface area contributed by atoms with Crippen LogP contribution < -0.4 is 0 Å². The maximum Gasteiger partial charge on any atom is 3.00 e. The number of aryl methyl sites for hydroxylation is 1. The second-order valence-corrected chi connectivity index (χ2v) is 6.25. The molecular weight excluding hydrogens is 585 g/mol. The first-order chi connectivity index (χ1) is 17.3. The molecule has 0 aliphatic rings. The number of fused-ring (bicyclic) bond motifs is 3. The Morgan fingerprint density at radius 2 is 1.91 bits per heavy atom. The van der Waals surface area contributed by atoms with Gasteiger partial charge in [-0.1, -0.05) is 48.3 Å². The molecule has 0 atom stereocenters. The molecule has 2 aromatic heterocycles. The molecule has 0 saturated heterocycles. The van der Waals surface area contributed by atoms with E-state index in [9.17, 15) is 5.41 Å². The van der Waals surface area contributed by atoms with Gasteiger partial charge in [0.2, 0.25) is 0 Å². The molecule has 33 heavy (non-hydrogen) atoms. The summed E-state index contributed by atoms with van der Waals surface area (Å²) in [5.74, 6) is 0. The first-order valence-electron chi connectivity index (χ1n) is 11.7. The number of rotatable bonds is 5. The normalized spacial score (nSPS) is 12.9. The number of hydrogen-bond donors (Lipinski definition) is 0. The van der Waals surface area contributed by atoms with Crippen LogP contribution in [0.1, 0.15) is 16.6 Å². The number of nitrogens with zero attached hydrogens (tertiary/aromatic N) is 2. The summed E-state index contributed by atoms with van der Waals surface area (Å²) in [5.41, 5.74) is 2.11. The fourth-order valence-corrected chi connectivity index (χ4v) is 2.52. The van der Waals surface area contributed by atoms with Crippen LogP contribution in [-0.2, 0) is 20.1 Å². The van der Waals surface area contributed by atoms with Crippen LogP contribution in [0.2, 0.25) is 0 Å². The molecular formula is C29H25IrN2O. The van der Waals surface area contributed by atoms with E-state index in [0.29, 0.717) is 17.7 Å². The third-order valence-corrected chi connectivity index (χ3v) is 3.99. The molecule has 4 aromatic rings. The molecule has 0 amide bonds. The average molecular weight is 614 g/mol. The van der Waals surface area contributed by atoms with Gasteiger partial charge in [-0.3, -0.25) is 4.98 Å². The van der Waals surface area contributed by atoms with Crippen molar-refractivity contribution < 1.29 is 30.0 Å². The van der Waals surface area contributed by atoms with E-state index in [1.165, 1.54) is 5.56 Å². The molecule has 0 N–H and O–H groups in total. The molecule has 0 fully saturated rings. The molecule has 2 aromatic carbocycles. The largest absolute Gasteiger partial charge is 3.00 e. The van der Waals surface area contributed by atoms with Gasteiger partial charge in [-0.25, -0.2) is 5.71 Å². The van der Waals surface area contributed by atoms with Crippen LogP contribution in [0.3, 0.4) is 0 Å². The van der Waals surface area contributed by atoms with E-state index in [0.717, 1.165) is 10.8 Å². The topological polar surface area (TPSA) is 48.3 Å². The maximum absolute atomic E-state index is 10.1. The molecule has 0 spiro atoms. The molecule has 0 aliphatic heterocycles. The van der Waals surface area contributed by atoms with Gasteiger partial charge < -0.3 is 9.83 Å². The van der Waals surface area contributed by atoms with Crippen LogP contribution in [0, 0.1) is 19.1 Å². The first kappa shape index (κ1) is 21.3. The van der Waals surface area contributed by atoms with E-state index < -0.39 is 23.9 Å². The molecule has 4 heteroatoms. The van der Waals surface area contributed by atoms with Gasteiger partial charge in [0.25, 0.3) is 0 Å². The number of pyridine rings is 1. The summed E-state index contributed by atoms with van der Waals surface area (Å²) >= 11 is 0. The third kappa shape index (κ3) is 8.82. The minimum atomic E-state index is -0.537. The van der Waals surface area contributed by atoms with E-state index in [1.807, 2.05) is 43.3 Å². The van der Waals surface area contributed by atoms with Gasteiger partial charge in [0, 0.05) is 13.8 Å². The molecule has 0 radical (unpaired) electrons. The van der Waals surface area contributed by atoms with Crippen molar-refractivity contribution in [1.82, 2.24) is 4.98 Å². The molecule has 0 unspecified atom stereocenters. The summed E-state index contributed by atoms with van der Waals surface area (Å²) in [6.45, 7) is 9.53. The number of aromatic nitrogens is 1. The Hall–Kier alpha value is -3.59. The summed E-state index contributed by atoms with van der Waals surface area (Å²) in [5, 5.41) is 11.9. The molecule has 0 bridgehead atoms. The van der Waals surface area contributed by atoms with Crippen LogP contribution in [-0.4, -0.2) is 10.7 Å². The Bertz CT molecular complexity index is 1430. The molecule has 0 saturated carbocycles. The summed E-state index contributed by atoms with van der Waals surface area (Å²) in [4.78, 5) is 3.85. The number of allylic oxidation sites excluding steroid dienone is 7. The van der Waals surface area contributed by atoms with Crippen molar-refractivity contribution in [2.45, 2.75) is 6.92 Å². The summed E-state index contributed by atoms with van der Waals surface area (Å²) in [6.07, 6.45) is 11.2. The Kier molecular flexibility index (Phi) is 9.83. The van der Waals surface area contributed by atoms with Gasteiger partial charge in [0.05, 0.1) is 9.70 Å². The molecule has 2 heterocycles. The fourth-order valence-electron chi connectivity index (χ4n) is 2.52. The predicted molar refractivity (Wildman–Crippen MR) is 137 cm³/mol. The van der Waals surface area contributed by atoms with E-state index in [-0.39, 0.29) is 25.7 Å².